The van der Waals surface area contributed by atoms with Crippen molar-refractivity contribution in [3.05, 3.63) is 40.4 Å². The summed E-state index contributed by atoms with van der Waals surface area (Å²) in [6.07, 6.45) is 4.53. The minimum absolute atomic E-state index is 0.304. The summed E-state index contributed by atoms with van der Waals surface area (Å²) in [5.74, 6) is 0. The van der Waals surface area contributed by atoms with Crippen LogP contribution in [-0.4, -0.2) is 15.0 Å². The van der Waals surface area contributed by atoms with Gasteiger partial charge >= 0.3 is 0 Å². The first-order valence-electron chi connectivity index (χ1n) is 5.34. The number of nitrogens with one attached hydrogen (secondary N) is 1. The minimum Gasteiger partial charge on any atom is -0.211 e. The summed E-state index contributed by atoms with van der Waals surface area (Å²) < 4.78 is 27.3. The predicted octanol–water partition coefficient (Wildman–Crippen LogP) is 3.00. The lowest BCUT2D eigenvalue weighted by molar-refractivity contribution is 0.582. The van der Waals surface area contributed by atoms with E-state index < -0.39 is 10.0 Å². The third-order valence-corrected chi connectivity index (χ3v) is 4.63. The van der Waals surface area contributed by atoms with Crippen molar-refractivity contribution in [2.45, 2.75) is 25.2 Å². The molecule has 0 heterocycles. The molecule has 0 unspecified atom stereocenters. The van der Waals surface area contributed by atoms with Crippen molar-refractivity contribution < 1.29 is 8.42 Å². The van der Waals surface area contributed by atoms with Crippen molar-refractivity contribution in [1.29, 1.82) is 0 Å². The molecule has 1 N–H and O–H groups in total. The Hall–Kier alpha value is -0.650. The van der Waals surface area contributed by atoms with Gasteiger partial charge in [-0.05, 0) is 44.0 Å². The predicted molar refractivity (Wildman–Crippen MR) is 73.5 cm³/mol. The molecule has 5 heteroatoms. The summed E-state index contributed by atoms with van der Waals surface area (Å²) >= 11 is 3.34. The van der Waals surface area contributed by atoms with Crippen molar-refractivity contribution in [2.75, 3.05) is 6.54 Å². The van der Waals surface area contributed by atoms with Crippen LogP contribution < -0.4 is 4.72 Å². The van der Waals surface area contributed by atoms with Gasteiger partial charge in [0.05, 0.1) is 4.90 Å². The summed E-state index contributed by atoms with van der Waals surface area (Å²) in [5.41, 5.74) is 0.904. The number of hydrogen-bond acceptors (Lipinski definition) is 2. The zero-order valence-corrected chi connectivity index (χ0v) is 12.3. The van der Waals surface area contributed by atoms with E-state index in [1.165, 1.54) is 0 Å². The average molecular weight is 318 g/mol. The summed E-state index contributed by atoms with van der Waals surface area (Å²) in [4.78, 5) is 0.304. The van der Waals surface area contributed by atoms with Gasteiger partial charge in [-0.1, -0.05) is 28.1 Å². The van der Waals surface area contributed by atoms with E-state index in [1.54, 1.807) is 18.2 Å². The molecule has 0 spiro atoms. The van der Waals surface area contributed by atoms with Gasteiger partial charge in [-0.25, -0.2) is 13.1 Å². The maximum absolute atomic E-state index is 11.9. The number of halogens is 1. The van der Waals surface area contributed by atoms with Crippen LogP contribution in [0.3, 0.4) is 0 Å². The van der Waals surface area contributed by atoms with E-state index in [2.05, 4.69) is 20.7 Å². The maximum atomic E-state index is 11.9. The van der Waals surface area contributed by atoms with Gasteiger partial charge in [0.15, 0.2) is 0 Å². The van der Waals surface area contributed by atoms with E-state index in [-0.39, 0.29) is 0 Å². The maximum Gasteiger partial charge on any atom is 0.240 e. The third kappa shape index (κ3) is 4.26. The molecule has 1 aromatic carbocycles. The molecule has 0 aliphatic heterocycles. The molecule has 0 saturated heterocycles. The molecule has 0 aliphatic carbocycles. The normalized spacial score (nSPS) is 12.2. The number of rotatable bonds is 5. The second kappa shape index (κ2) is 6.33. The first kappa shape index (κ1) is 14.4. The van der Waals surface area contributed by atoms with Crippen LogP contribution in [-0.2, 0) is 10.0 Å². The van der Waals surface area contributed by atoms with Crippen LogP contribution in [0.4, 0.5) is 0 Å². The Morgan fingerprint density at radius 3 is 2.71 bits per heavy atom. The van der Waals surface area contributed by atoms with Crippen LogP contribution in [0.5, 0.6) is 0 Å². The van der Waals surface area contributed by atoms with Crippen molar-refractivity contribution in [1.82, 2.24) is 4.72 Å². The highest BCUT2D eigenvalue weighted by Crippen LogP contribution is 2.19. The summed E-state index contributed by atoms with van der Waals surface area (Å²) in [5, 5.41) is 0. The monoisotopic (exact) mass is 317 g/mol. The van der Waals surface area contributed by atoms with Gasteiger partial charge in [-0.3, -0.25) is 0 Å². The Balaban J connectivity index is 2.79. The number of hydrogen-bond donors (Lipinski definition) is 1. The Morgan fingerprint density at radius 1 is 1.41 bits per heavy atom. The smallest absolute Gasteiger partial charge is 0.211 e. The molecule has 3 nitrogen and oxygen atoms in total. The number of benzene rings is 1. The van der Waals surface area contributed by atoms with Crippen LogP contribution in [0.2, 0.25) is 0 Å². The Labute approximate surface area is 111 Å². The topological polar surface area (TPSA) is 46.2 Å². The summed E-state index contributed by atoms with van der Waals surface area (Å²) in [6, 6.07) is 4.99. The Morgan fingerprint density at radius 2 is 2.12 bits per heavy atom. The van der Waals surface area contributed by atoms with Gasteiger partial charge in [0.25, 0.3) is 0 Å². The van der Waals surface area contributed by atoms with Crippen molar-refractivity contribution in [3.8, 4) is 0 Å². The van der Waals surface area contributed by atoms with Crippen LogP contribution in [0.25, 0.3) is 0 Å². The van der Waals surface area contributed by atoms with Crippen molar-refractivity contribution >= 4 is 26.0 Å². The SMILES string of the molecule is C/C=C/CCNS(=O)(=O)c1ccc(Br)c(C)c1. The fraction of sp³-hybridized carbons (Fsp3) is 0.333. The lowest BCUT2D eigenvalue weighted by atomic mass is 10.2. The van der Waals surface area contributed by atoms with Gasteiger partial charge in [0.2, 0.25) is 10.0 Å². The van der Waals surface area contributed by atoms with Crippen molar-refractivity contribution in [2.24, 2.45) is 0 Å². The third-order valence-electron chi connectivity index (χ3n) is 2.28. The Bertz CT molecular complexity index is 509. The molecule has 1 rings (SSSR count). The number of aryl methyl sites for hydroxylation is 1. The first-order chi connectivity index (χ1) is 7.97. The lowest BCUT2D eigenvalue weighted by Crippen LogP contribution is -2.24. The van der Waals surface area contributed by atoms with E-state index in [4.69, 9.17) is 0 Å². The quantitative estimate of drug-likeness (QED) is 0.670. The molecule has 0 aromatic heterocycles. The van der Waals surface area contributed by atoms with Gasteiger partial charge in [0.1, 0.15) is 0 Å². The molecular weight excluding hydrogens is 302 g/mol. The number of allylic oxidation sites excluding steroid dienone is 1. The molecule has 94 valence electrons. The van der Waals surface area contributed by atoms with Crippen LogP contribution in [0, 0.1) is 6.92 Å². The van der Waals surface area contributed by atoms with Gasteiger partial charge in [0, 0.05) is 11.0 Å². The van der Waals surface area contributed by atoms with Gasteiger partial charge < -0.3 is 0 Å². The highest BCUT2D eigenvalue weighted by molar-refractivity contribution is 9.10. The highest BCUT2D eigenvalue weighted by atomic mass is 79.9. The second-order valence-electron chi connectivity index (χ2n) is 3.67. The zero-order chi connectivity index (χ0) is 12.9. The molecule has 17 heavy (non-hydrogen) atoms. The van der Waals surface area contributed by atoms with Crippen molar-refractivity contribution in [3.63, 3.8) is 0 Å². The zero-order valence-electron chi connectivity index (χ0n) is 9.90. The first-order valence-corrected chi connectivity index (χ1v) is 7.62. The molecule has 0 saturated carbocycles. The molecule has 0 aliphatic rings. The lowest BCUT2D eigenvalue weighted by Gasteiger charge is -2.07. The molecule has 0 bridgehead atoms. The molecule has 0 atom stereocenters. The Kier molecular flexibility index (Phi) is 5.36. The molecular formula is C12H16BrNO2S. The molecule has 0 radical (unpaired) electrons. The van der Waals surface area contributed by atoms with E-state index in [1.807, 2.05) is 26.0 Å². The van der Waals surface area contributed by atoms with Gasteiger partial charge in [-0.15, -0.1) is 0 Å². The second-order valence-corrected chi connectivity index (χ2v) is 6.29. The molecule has 0 amide bonds. The highest BCUT2D eigenvalue weighted by Gasteiger charge is 2.13. The van der Waals surface area contributed by atoms with E-state index in [0.717, 1.165) is 10.0 Å². The molecule has 1 aromatic rings. The van der Waals surface area contributed by atoms with Gasteiger partial charge in [-0.2, -0.15) is 0 Å². The molecule has 0 fully saturated rings. The van der Waals surface area contributed by atoms with Crippen LogP contribution >= 0.6 is 15.9 Å². The van der Waals surface area contributed by atoms with E-state index in [9.17, 15) is 8.42 Å². The van der Waals surface area contributed by atoms with Crippen LogP contribution in [0.15, 0.2) is 39.7 Å². The van der Waals surface area contributed by atoms with Crippen LogP contribution in [0.1, 0.15) is 18.9 Å². The average Bonchev–Trinajstić information content (AvgIpc) is 2.28. The number of sulfonamides is 1. The largest absolute Gasteiger partial charge is 0.240 e. The van der Waals surface area contributed by atoms with E-state index >= 15 is 0 Å². The fourth-order valence-corrected chi connectivity index (χ4v) is 2.69. The minimum atomic E-state index is -3.38. The summed E-state index contributed by atoms with van der Waals surface area (Å²) in [7, 11) is -3.38. The standard InChI is InChI=1S/C12H16BrNO2S/c1-3-4-5-8-14-17(15,16)11-6-7-12(13)10(2)9-11/h3-4,6-7,9,14H,5,8H2,1-2H3/b4-3+. The van der Waals surface area contributed by atoms with E-state index in [0.29, 0.717) is 17.9 Å². The summed E-state index contributed by atoms with van der Waals surface area (Å²) in [6.45, 7) is 4.19. The fourth-order valence-electron chi connectivity index (χ4n) is 1.31.